The number of nitriles is 1. The first kappa shape index (κ1) is 17.1. The topological polar surface area (TPSA) is 83.4 Å². The molecule has 0 atom stereocenters. The lowest BCUT2D eigenvalue weighted by Crippen LogP contribution is -2.22. The van der Waals surface area contributed by atoms with Crippen molar-refractivity contribution in [1.82, 2.24) is 0 Å². The van der Waals surface area contributed by atoms with Crippen LogP contribution in [0.5, 0.6) is 11.5 Å². The van der Waals surface area contributed by atoms with Crippen LogP contribution in [-0.2, 0) is 6.54 Å². The molecule has 0 unspecified atom stereocenters. The van der Waals surface area contributed by atoms with Crippen LogP contribution in [0.4, 0.5) is 5.69 Å². The lowest BCUT2D eigenvalue weighted by molar-refractivity contribution is 0.483. The minimum absolute atomic E-state index is 0.296. The highest BCUT2D eigenvalue weighted by Crippen LogP contribution is 2.23. The Balaban J connectivity index is 1.64. The van der Waals surface area contributed by atoms with Gasteiger partial charge in [0.05, 0.1) is 18.2 Å². The first-order valence-electron chi connectivity index (χ1n) is 8.12. The van der Waals surface area contributed by atoms with E-state index in [4.69, 9.17) is 15.7 Å². The maximum Gasteiger partial charge on any atom is 0.193 e. The number of guanidine groups is 1. The average molecular weight is 342 g/mol. The number of para-hydroxylation sites is 1. The van der Waals surface area contributed by atoms with Crippen molar-refractivity contribution in [1.29, 1.82) is 5.26 Å². The summed E-state index contributed by atoms with van der Waals surface area (Å²) in [6.07, 6.45) is 0. The summed E-state index contributed by atoms with van der Waals surface area (Å²) >= 11 is 0. The number of benzene rings is 3. The third-order valence-electron chi connectivity index (χ3n) is 3.57. The van der Waals surface area contributed by atoms with Gasteiger partial charge in [-0.3, -0.25) is 0 Å². The van der Waals surface area contributed by atoms with Gasteiger partial charge in [-0.25, -0.2) is 4.99 Å². The Bertz CT molecular complexity index is 945. The Kier molecular flexibility index (Phi) is 5.48. The third-order valence-corrected chi connectivity index (χ3v) is 3.57. The predicted molar refractivity (Wildman–Crippen MR) is 103 cm³/mol. The van der Waals surface area contributed by atoms with Crippen LogP contribution in [0.1, 0.15) is 11.1 Å². The summed E-state index contributed by atoms with van der Waals surface area (Å²) in [5.74, 6) is 1.77. The summed E-state index contributed by atoms with van der Waals surface area (Å²) < 4.78 is 5.80. The number of nitrogens with one attached hydrogen (secondary N) is 1. The summed E-state index contributed by atoms with van der Waals surface area (Å²) in [7, 11) is 0. The molecule has 0 aromatic heterocycles. The van der Waals surface area contributed by atoms with Crippen molar-refractivity contribution in [3.05, 3.63) is 90.0 Å². The maximum atomic E-state index is 8.93. The highest BCUT2D eigenvalue weighted by molar-refractivity contribution is 5.92. The SMILES string of the molecule is N#Cc1cccc(CN=C(N)Nc2cccc(Oc3ccccc3)c2)c1. The van der Waals surface area contributed by atoms with Gasteiger partial charge in [-0.1, -0.05) is 36.4 Å². The summed E-state index contributed by atoms with van der Waals surface area (Å²) in [6, 6.07) is 26.5. The van der Waals surface area contributed by atoms with Crippen LogP contribution in [0, 0.1) is 11.3 Å². The van der Waals surface area contributed by atoms with Crippen LogP contribution in [0.15, 0.2) is 83.9 Å². The number of aliphatic imine (C=N–C) groups is 1. The van der Waals surface area contributed by atoms with Crippen molar-refractivity contribution in [3.8, 4) is 17.6 Å². The summed E-state index contributed by atoms with van der Waals surface area (Å²) in [4.78, 5) is 4.31. The van der Waals surface area contributed by atoms with E-state index >= 15 is 0 Å². The van der Waals surface area contributed by atoms with Gasteiger partial charge >= 0.3 is 0 Å². The molecule has 128 valence electrons. The van der Waals surface area contributed by atoms with E-state index in [-0.39, 0.29) is 0 Å². The van der Waals surface area contributed by atoms with E-state index < -0.39 is 0 Å². The molecule has 0 bridgehead atoms. The van der Waals surface area contributed by atoms with E-state index in [9.17, 15) is 0 Å². The zero-order valence-corrected chi connectivity index (χ0v) is 14.1. The summed E-state index contributed by atoms with van der Waals surface area (Å²) in [5.41, 5.74) is 8.28. The molecule has 26 heavy (non-hydrogen) atoms. The molecule has 5 heteroatoms. The number of rotatable bonds is 5. The lowest BCUT2D eigenvalue weighted by atomic mass is 10.1. The molecule has 0 heterocycles. The monoisotopic (exact) mass is 342 g/mol. The molecular weight excluding hydrogens is 324 g/mol. The molecule has 3 N–H and O–H groups in total. The minimum Gasteiger partial charge on any atom is -0.457 e. The Morgan fingerprint density at radius 3 is 2.54 bits per heavy atom. The lowest BCUT2D eigenvalue weighted by Gasteiger charge is -2.09. The van der Waals surface area contributed by atoms with Crippen molar-refractivity contribution in [2.24, 2.45) is 10.7 Å². The van der Waals surface area contributed by atoms with Gasteiger partial charge in [0, 0.05) is 11.8 Å². The van der Waals surface area contributed by atoms with Crippen molar-refractivity contribution in [3.63, 3.8) is 0 Å². The molecular formula is C21H18N4O. The van der Waals surface area contributed by atoms with E-state index in [0.717, 1.165) is 17.0 Å². The largest absolute Gasteiger partial charge is 0.457 e. The molecule has 0 saturated heterocycles. The molecule has 3 rings (SSSR count). The fourth-order valence-electron chi connectivity index (χ4n) is 2.37. The molecule has 0 amide bonds. The normalized spacial score (nSPS) is 10.8. The van der Waals surface area contributed by atoms with Gasteiger partial charge < -0.3 is 15.8 Å². The minimum atomic E-state index is 0.296. The van der Waals surface area contributed by atoms with E-state index in [1.807, 2.05) is 66.7 Å². The zero-order valence-electron chi connectivity index (χ0n) is 14.1. The number of ether oxygens (including phenoxy) is 1. The smallest absolute Gasteiger partial charge is 0.193 e. The van der Waals surface area contributed by atoms with Crippen LogP contribution < -0.4 is 15.8 Å². The first-order valence-corrected chi connectivity index (χ1v) is 8.12. The molecule has 0 spiro atoms. The van der Waals surface area contributed by atoms with Gasteiger partial charge in [-0.15, -0.1) is 0 Å². The third kappa shape index (κ3) is 4.86. The van der Waals surface area contributed by atoms with Gasteiger partial charge in [-0.2, -0.15) is 5.26 Å². The first-order chi connectivity index (χ1) is 12.7. The highest BCUT2D eigenvalue weighted by atomic mass is 16.5. The van der Waals surface area contributed by atoms with Gasteiger partial charge in [0.1, 0.15) is 11.5 Å². The van der Waals surface area contributed by atoms with Crippen LogP contribution in [0.25, 0.3) is 0 Å². The Labute approximate surface area is 152 Å². The van der Waals surface area contributed by atoms with Crippen molar-refractivity contribution in [2.75, 3.05) is 5.32 Å². The molecule has 0 saturated carbocycles. The molecule has 5 nitrogen and oxygen atoms in total. The molecule has 0 aliphatic heterocycles. The number of anilines is 1. The Hall–Kier alpha value is -3.78. The van der Waals surface area contributed by atoms with Crippen molar-refractivity contribution in [2.45, 2.75) is 6.54 Å². The second-order valence-corrected chi connectivity index (χ2v) is 5.58. The van der Waals surface area contributed by atoms with Crippen molar-refractivity contribution >= 4 is 11.6 Å². The van der Waals surface area contributed by atoms with Gasteiger partial charge in [0.15, 0.2) is 5.96 Å². The van der Waals surface area contributed by atoms with E-state index in [1.54, 1.807) is 12.1 Å². The van der Waals surface area contributed by atoms with Gasteiger partial charge in [0.25, 0.3) is 0 Å². The maximum absolute atomic E-state index is 8.93. The highest BCUT2D eigenvalue weighted by Gasteiger charge is 2.01. The number of hydrogen-bond acceptors (Lipinski definition) is 3. The number of nitrogens with two attached hydrogens (primary N) is 1. The molecule has 3 aromatic rings. The van der Waals surface area contributed by atoms with Crippen LogP contribution in [0.3, 0.4) is 0 Å². The van der Waals surface area contributed by atoms with E-state index in [2.05, 4.69) is 16.4 Å². The van der Waals surface area contributed by atoms with Crippen LogP contribution >= 0.6 is 0 Å². The Morgan fingerprint density at radius 2 is 1.73 bits per heavy atom. The second-order valence-electron chi connectivity index (χ2n) is 5.58. The summed E-state index contributed by atoms with van der Waals surface area (Å²) in [5, 5.41) is 12.0. The summed E-state index contributed by atoms with van der Waals surface area (Å²) in [6.45, 7) is 0.397. The van der Waals surface area contributed by atoms with Gasteiger partial charge in [0.2, 0.25) is 0 Å². The molecule has 0 aliphatic rings. The Morgan fingerprint density at radius 1 is 0.962 bits per heavy atom. The molecule has 3 aromatic carbocycles. The molecule has 0 radical (unpaired) electrons. The second kappa shape index (κ2) is 8.36. The molecule has 0 fully saturated rings. The number of hydrogen-bond donors (Lipinski definition) is 2. The van der Waals surface area contributed by atoms with Gasteiger partial charge in [-0.05, 0) is 42.0 Å². The van der Waals surface area contributed by atoms with E-state index in [0.29, 0.717) is 23.8 Å². The van der Waals surface area contributed by atoms with Crippen LogP contribution in [0.2, 0.25) is 0 Å². The standard InChI is InChI=1S/C21H18N4O/c22-14-16-6-4-7-17(12-16)15-24-21(23)25-18-8-5-11-20(13-18)26-19-9-2-1-3-10-19/h1-13H,15H2,(H3,23,24,25). The molecule has 0 aliphatic carbocycles. The zero-order chi connectivity index (χ0) is 18.2. The predicted octanol–water partition coefficient (Wildman–Crippen LogP) is 4.28. The van der Waals surface area contributed by atoms with Crippen molar-refractivity contribution < 1.29 is 4.74 Å². The van der Waals surface area contributed by atoms with Crippen LogP contribution in [-0.4, -0.2) is 5.96 Å². The fourth-order valence-corrected chi connectivity index (χ4v) is 2.37. The fraction of sp³-hybridized carbons (Fsp3) is 0.0476. The average Bonchev–Trinajstić information content (AvgIpc) is 2.68. The quantitative estimate of drug-likeness (QED) is 0.535. The van der Waals surface area contributed by atoms with E-state index in [1.165, 1.54) is 0 Å². The number of nitrogens with zero attached hydrogens (tertiary/aromatic N) is 2.